The topological polar surface area (TPSA) is 49.8 Å². The maximum absolute atomic E-state index is 12.1. The van der Waals surface area contributed by atoms with Crippen molar-refractivity contribution in [3.63, 3.8) is 0 Å². The normalized spacial score (nSPS) is 28.8. The zero-order chi connectivity index (χ0) is 14.6. The van der Waals surface area contributed by atoms with E-state index in [0.29, 0.717) is 17.8 Å². The number of piperidine rings is 1. The van der Waals surface area contributed by atoms with Crippen molar-refractivity contribution >= 4 is 5.78 Å². The first kappa shape index (κ1) is 15.9. The second kappa shape index (κ2) is 7.01. The van der Waals surface area contributed by atoms with Crippen LogP contribution in [-0.2, 0) is 9.53 Å². The van der Waals surface area contributed by atoms with E-state index in [-0.39, 0.29) is 18.6 Å². The van der Waals surface area contributed by atoms with E-state index in [1.807, 2.05) is 0 Å². The molecule has 0 aromatic rings. The third-order valence-corrected chi connectivity index (χ3v) is 4.76. The van der Waals surface area contributed by atoms with E-state index in [0.717, 1.165) is 51.7 Å². The van der Waals surface area contributed by atoms with Gasteiger partial charge in [0.05, 0.1) is 19.3 Å². The predicted octanol–water partition coefficient (Wildman–Crippen LogP) is 1.86. The number of carbonyl (C=O) groups is 1. The van der Waals surface area contributed by atoms with Gasteiger partial charge in [-0.2, -0.15) is 0 Å². The van der Waals surface area contributed by atoms with Gasteiger partial charge in [-0.3, -0.25) is 4.79 Å². The number of hydrogen-bond donors (Lipinski definition) is 1. The van der Waals surface area contributed by atoms with Crippen LogP contribution < -0.4 is 0 Å². The van der Waals surface area contributed by atoms with E-state index in [9.17, 15) is 4.79 Å². The van der Waals surface area contributed by atoms with E-state index < -0.39 is 0 Å². The molecule has 1 unspecified atom stereocenters. The van der Waals surface area contributed by atoms with Crippen LogP contribution in [0, 0.1) is 11.3 Å². The molecule has 1 aliphatic heterocycles. The number of aliphatic hydroxyl groups excluding tert-OH is 1. The number of likely N-dealkylation sites (tertiary alicyclic amines) is 1. The van der Waals surface area contributed by atoms with Crippen molar-refractivity contribution in [3.8, 4) is 0 Å². The van der Waals surface area contributed by atoms with Crippen molar-refractivity contribution in [2.45, 2.75) is 52.1 Å². The zero-order valence-electron chi connectivity index (χ0n) is 12.9. The van der Waals surface area contributed by atoms with Crippen molar-refractivity contribution in [1.29, 1.82) is 0 Å². The van der Waals surface area contributed by atoms with Crippen molar-refractivity contribution in [3.05, 3.63) is 0 Å². The average molecular weight is 283 g/mol. The van der Waals surface area contributed by atoms with Gasteiger partial charge in [0.15, 0.2) is 0 Å². The largest absolute Gasteiger partial charge is 0.394 e. The average Bonchev–Trinajstić information content (AvgIpc) is 2.42. The van der Waals surface area contributed by atoms with Crippen LogP contribution in [0.3, 0.4) is 0 Å². The molecule has 1 saturated carbocycles. The summed E-state index contributed by atoms with van der Waals surface area (Å²) >= 11 is 0. The fourth-order valence-electron chi connectivity index (χ4n) is 3.50. The highest BCUT2D eigenvalue weighted by Crippen LogP contribution is 2.37. The lowest BCUT2D eigenvalue weighted by atomic mass is 9.71. The summed E-state index contributed by atoms with van der Waals surface area (Å²) in [5, 5.41) is 8.77. The number of ketones is 1. The Morgan fingerprint density at radius 2 is 2.05 bits per heavy atom. The van der Waals surface area contributed by atoms with Gasteiger partial charge in [-0.25, -0.2) is 0 Å². The van der Waals surface area contributed by atoms with Crippen molar-refractivity contribution in [2.24, 2.45) is 11.3 Å². The van der Waals surface area contributed by atoms with Crippen LogP contribution in [0.5, 0.6) is 0 Å². The summed E-state index contributed by atoms with van der Waals surface area (Å²) in [6.45, 7) is 8.06. The van der Waals surface area contributed by atoms with Crippen LogP contribution in [0.15, 0.2) is 0 Å². The zero-order valence-corrected chi connectivity index (χ0v) is 12.9. The van der Waals surface area contributed by atoms with E-state index >= 15 is 0 Å². The van der Waals surface area contributed by atoms with Gasteiger partial charge >= 0.3 is 0 Å². The molecule has 4 heteroatoms. The van der Waals surface area contributed by atoms with Crippen molar-refractivity contribution in [2.75, 3.05) is 32.8 Å². The molecule has 1 atom stereocenters. The number of nitrogens with zero attached hydrogens (tertiary/aromatic N) is 1. The highest BCUT2D eigenvalue weighted by molar-refractivity contribution is 5.82. The SMILES string of the molecule is CC1(C)CCC(=O)C(CN2CCC(OCCO)CC2)C1. The Labute approximate surface area is 122 Å². The molecule has 1 N–H and O–H groups in total. The smallest absolute Gasteiger partial charge is 0.137 e. The summed E-state index contributed by atoms with van der Waals surface area (Å²) in [6.07, 6.45) is 5.16. The molecule has 0 bridgehead atoms. The standard InChI is InChI=1S/C16H29NO3/c1-16(2)6-3-15(19)13(11-16)12-17-7-4-14(5-8-17)20-10-9-18/h13-14,18H,3-12H2,1-2H3. The highest BCUT2D eigenvalue weighted by atomic mass is 16.5. The van der Waals surface area contributed by atoms with Crippen LogP contribution in [0.4, 0.5) is 0 Å². The molecule has 2 rings (SSSR count). The molecule has 0 amide bonds. The van der Waals surface area contributed by atoms with Crippen LogP contribution in [0.25, 0.3) is 0 Å². The van der Waals surface area contributed by atoms with Gasteiger partial charge in [0, 0.05) is 32.0 Å². The maximum Gasteiger partial charge on any atom is 0.137 e. The van der Waals surface area contributed by atoms with Crippen LogP contribution in [0.1, 0.15) is 46.0 Å². The summed E-state index contributed by atoms with van der Waals surface area (Å²) in [6, 6.07) is 0. The second-order valence-corrected chi connectivity index (χ2v) is 7.13. The van der Waals surface area contributed by atoms with Crippen molar-refractivity contribution in [1.82, 2.24) is 4.90 Å². The molecule has 20 heavy (non-hydrogen) atoms. The summed E-state index contributed by atoms with van der Waals surface area (Å²) in [7, 11) is 0. The Balaban J connectivity index is 1.75. The van der Waals surface area contributed by atoms with Gasteiger partial charge in [-0.1, -0.05) is 13.8 Å². The minimum absolute atomic E-state index is 0.103. The summed E-state index contributed by atoms with van der Waals surface area (Å²) < 4.78 is 5.58. The molecule has 4 nitrogen and oxygen atoms in total. The van der Waals surface area contributed by atoms with E-state index in [4.69, 9.17) is 9.84 Å². The van der Waals surface area contributed by atoms with Crippen molar-refractivity contribution < 1.29 is 14.6 Å². The van der Waals surface area contributed by atoms with Gasteiger partial charge in [-0.15, -0.1) is 0 Å². The first-order valence-electron chi connectivity index (χ1n) is 7.98. The quantitative estimate of drug-likeness (QED) is 0.836. The highest BCUT2D eigenvalue weighted by Gasteiger charge is 2.35. The van der Waals surface area contributed by atoms with E-state index in [2.05, 4.69) is 18.7 Å². The van der Waals surface area contributed by atoms with Crippen LogP contribution in [-0.4, -0.2) is 54.7 Å². The van der Waals surface area contributed by atoms with Gasteiger partial charge in [-0.05, 0) is 31.1 Å². The Hall–Kier alpha value is -0.450. The van der Waals surface area contributed by atoms with Gasteiger partial charge in [0.2, 0.25) is 0 Å². The molecule has 0 aromatic carbocycles. The molecule has 0 spiro atoms. The van der Waals surface area contributed by atoms with Crippen LogP contribution >= 0.6 is 0 Å². The minimum atomic E-state index is 0.103. The number of carbonyl (C=O) groups excluding carboxylic acids is 1. The Morgan fingerprint density at radius 1 is 1.35 bits per heavy atom. The third-order valence-electron chi connectivity index (χ3n) is 4.76. The lowest BCUT2D eigenvalue weighted by Gasteiger charge is -2.38. The van der Waals surface area contributed by atoms with Gasteiger partial charge in [0.25, 0.3) is 0 Å². The molecule has 0 aromatic heterocycles. The minimum Gasteiger partial charge on any atom is -0.394 e. The molecular weight excluding hydrogens is 254 g/mol. The summed E-state index contributed by atoms with van der Waals surface area (Å²) in [4.78, 5) is 14.5. The number of Topliss-reactive ketones (excluding diaryl/α,β-unsaturated/α-hetero) is 1. The first-order chi connectivity index (χ1) is 9.50. The van der Waals surface area contributed by atoms with E-state index in [1.54, 1.807) is 0 Å². The molecule has 2 fully saturated rings. The molecule has 1 saturated heterocycles. The second-order valence-electron chi connectivity index (χ2n) is 7.13. The maximum atomic E-state index is 12.1. The molecule has 1 heterocycles. The Bertz CT molecular complexity index is 322. The number of hydrogen-bond acceptors (Lipinski definition) is 4. The molecule has 0 radical (unpaired) electrons. The fourth-order valence-corrected chi connectivity index (χ4v) is 3.50. The summed E-state index contributed by atoms with van der Waals surface area (Å²) in [5.74, 6) is 0.691. The summed E-state index contributed by atoms with van der Waals surface area (Å²) in [5.41, 5.74) is 0.321. The fraction of sp³-hybridized carbons (Fsp3) is 0.938. The number of ether oxygens (including phenoxy) is 1. The molecule has 2 aliphatic rings. The predicted molar refractivity (Wildman–Crippen MR) is 78.6 cm³/mol. The first-order valence-corrected chi connectivity index (χ1v) is 7.98. The lowest BCUT2D eigenvalue weighted by molar-refractivity contribution is -0.128. The molecular formula is C16H29NO3. The van der Waals surface area contributed by atoms with Crippen LogP contribution in [0.2, 0.25) is 0 Å². The number of aliphatic hydroxyl groups is 1. The van der Waals surface area contributed by atoms with E-state index in [1.165, 1.54) is 0 Å². The third kappa shape index (κ3) is 4.54. The Kier molecular flexibility index (Phi) is 5.58. The molecule has 116 valence electrons. The monoisotopic (exact) mass is 283 g/mol. The van der Waals surface area contributed by atoms with Gasteiger partial charge < -0.3 is 14.7 Å². The van der Waals surface area contributed by atoms with Gasteiger partial charge in [0.1, 0.15) is 5.78 Å². The number of rotatable bonds is 5. The lowest BCUT2D eigenvalue weighted by Crippen LogP contribution is -2.43. The molecule has 1 aliphatic carbocycles. The Morgan fingerprint density at radius 3 is 2.70 bits per heavy atom.